The van der Waals surface area contributed by atoms with E-state index < -0.39 is 12.0 Å². The number of hydrogen-bond donors (Lipinski definition) is 1. The number of hydrogen-bond acceptors (Lipinski definition) is 5. The van der Waals surface area contributed by atoms with Gasteiger partial charge >= 0.3 is 5.69 Å². The van der Waals surface area contributed by atoms with Gasteiger partial charge in [-0.15, -0.1) is 0 Å². The highest BCUT2D eigenvalue weighted by molar-refractivity contribution is 5.23. The van der Waals surface area contributed by atoms with Crippen molar-refractivity contribution in [1.82, 2.24) is 9.55 Å². The quantitative estimate of drug-likeness (QED) is 0.703. The average Bonchev–Trinajstić information content (AvgIpc) is 2.23. The van der Waals surface area contributed by atoms with Gasteiger partial charge in [-0.25, -0.2) is 4.79 Å². The first kappa shape index (κ1) is 12.7. The molecule has 16 heavy (non-hydrogen) atoms. The van der Waals surface area contributed by atoms with Crippen molar-refractivity contribution in [3.05, 3.63) is 22.7 Å². The van der Waals surface area contributed by atoms with E-state index in [0.717, 1.165) is 0 Å². The summed E-state index contributed by atoms with van der Waals surface area (Å²) in [6, 6.07) is 1.57. The lowest BCUT2D eigenvalue weighted by molar-refractivity contribution is -0.144. The molecule has 1 aromatic rings. The Morgan fingerprint density at radius 3 is 2.56 bits per heavy atom. The normalized spacial score (nSPS) is 10.9. The summed E-state index contributed by atoms with van der Waals surface area (Å²) in [6.07, 6.45) is 1.15. The number of nitrogens with zero attached hydrogens (tertiary/aromatic N) is 2. The summed E-state index contributed by atoms with van der Waals surface area (Å²) in [7, 11) is 0. The van der Waals surface area contributed by atoms with Crippen molar-refractivity contribution in [1.29, 1.82) is 0 Å². The van der Waals surface area contributed by atoms with Crippen LogP contribution in [0.4, 0.5) is 5.82 Å². The van der Waals surface area contributed by atoms with Gasteiger partial charge in [0.1, 0.15) is 5.82 Å². The topological polar surface area (TPSA) is 79.4 Å². The summed E-state index contributed by atoms with van der Waals surface area (Å²) >= 11 is 0. The minimum absolute atomic E-state index is 0.214. The SMILES string of the molecule is CCOC(Cn1ccc(N)nc1=O)OCC. The Kier molecular flexibility index (Phi) is 4.94. The van der Waals surface area contributed by atoms with Gasteiger partial charge in [-0.1, -0.05) is 0 Å². The molecule has 0 unspecified atom stereocenters. The first-order chi connectivity index (χ1) is 7.67. The Morgan fingerprint density at radius 2 is 2.06 bits per heavy atom. The van der Waals surface area contributed by atoms with E-state index in [-0.39, 0.29) is 5.82 Å². The van der Waals surface area contributed by atoms with Crippen LogP contribution in [0.3, 0.4) is 0 Å². The Hall–Kier alpha value is -1.40. The van der Waals surface area contributed by atoms with E-state index in [0.29, 0.717) is 19.8 Å². The maximum atomic E-state index is 11.4. The number of aromatic nitrogens is 2. The second kappa shape index (κ2) is 6.24. The number of nitrogens with two attached hydrogens (primary N) is 1. The summed E-state index contributed by atoms with van der Waals surface area (Å²) in [5, 5.41) is 0. The van der Waals surface area contributed by atoms with Gasteiger partial charge in [0.2, 0.25) is 0 Å². The van der Waals surface area contributed by atoms with Crippen LogP contribution in [0.5, 0.6) is 0 Å². The first-order valence-corrected chi connectivity index (χ1v) is 5.23. The van der Waals surface area contributed by atoms with Gasteiger partial charge in [0, 0.05) is 19.4 Å². The standard InChI is InChI=1S/C10H17N3O3/c1-3-15-9(16-4-2)7-13-6-5-8(11)12-10(13)14/h5-6,9H,3-4,7H2,1-2H3,(H2,11,12,14). The predicted octanol–water partition coefficient (Wildman–Crippen LogP) is 0.225. The van der Waals surface area contributed by atoms with Crippen molar-refractivity contribution in [2.24, 2.45) is 0 Å². The fraction of sp³-hybridized carbons (Fsp3) is 0.600. The molecule has 0 fully saturated rings. The molecule has 0 aromatic carbocycles. The number of nitrogen functional groups attached to an aromatic ring is 1. The molecule has 0 aliphatic carbocycles. The third kappa shape index (κ3) is 3.63. The summed E-state index contributed by atoms with van der Waals surface area (Å²) in [5.41, 5.74) is 4.99. The van der Waals surface area contributed by atoms with Gasteiger partial charge in [0.25, 0.3) is 0 Å². The van der Waals surface area contributed by atoms with Crippen molar-refractivity contribution in [3.8, 4) is 0 Å². The van der Waals surface area contributed by atoms with E-state index in [1.807, 2.05) is 13.8 Å². The van der Waals surface area contributed by atoms with Crippen LogP contribution >= 0.6 is 0 Å². The zero-order chi connectivity index (χ0) is 12.0. The second-order valence-corrected chi connectivity index (χ2v) is 3.13. The Balaban J connectivity index is 2.72. The number of rotatable bonds is 6. The first-order valence-electron chi connectivity index (χ1n) is 5.23. The van der Waals surface area contributed by atoms with Crippen molar-refractivity contribution in [2.45, 2.75) is 26.7 Å². The Bertz CT molecular complexity index is 372. The van der Waals surface area contributed by atoms with Gasteiger partial charge in [-0.3, -0.25) is 4.57 Å². The molecule has 1 aromatic heterocycles. The van der Waals surface area contributed by atoms with E-state index in [9.17, 15) is 4.79 Å². The van der Waals surface area contributed by atoms with Crippen LogP contribution in [0.2, 0.25) is 0 Å². The average molecular weight is 227 g/mol. The minimum atomic E-state index is -0.432. The lowest BCUT2D eigenvalue weighted by Crippen LogP contribution is -2.31. The highest BCUT2D eigenvalue weighted by Gasteiger charge is 2.10. The van der Waals surface area contributed by atoms with Crippen LogP contribution in [0.15, 0.2) is 17.1 Å². The molecule has 0 saturated carbocycles. The molecule has 0 aliphatic rings. The van der Waals surface area contributed by atoms with Crippen LogP contribution in [0.25, 0.3) is 0 Å². The Morgan fingerprint density at radius 1 is 1.44 bits per heavy atom. The molecule has 6 nitrogen and oxygen atoms in total. The van der Waals surface area contributed by atoms with Crippen molar-refractivity contribution >= 4 is 5.82 Å². The molecule has 0 saturated heterocycles. The van der Waals surface area contributed by atoms with E-state index in [1.54, 1.807) is 12.3 Å². The minimum Gasteiger partial charge on any atom is -0.383 e. The molecule has 0 atom stereocenters. The smallest absolute Gasteiger partial charge is 0.349 e. The van der Waals surface area contributed by atoms with E-state index in [2.05, 4.69) is 4.98 Å². The summed E-state index contributed by atoms with van der Waals surface area (Å²) in [4.78, 5) is 15.1. The largest absolute Gasteiger partial charge is 0.383 e. The Labute approximate surface area is 94.0 Å². The maximum absolute atomic E-state index is 11.4. The lowest BCUT2D eigenvalue weighted by Gasteiger charge is -2.17. The fourth-order valence-electron chi connectivity index (χ4n) is 1.27. The molecule has 0 aliphatic heterocycles. The fourth-order valence-corrected chi connectivity index (χ4v) is 1.27. The van der Waals surface area contributed by atoms with E-state index >= 15 is 0 Å². The predicted molar refractivity (Wildman–Crippen MR) is 59.9 cm³/mol. The van der Waals surface area contributed by atoms with Gasteiger partial charge < -0.3 is 15.2 Å². The molecule has 0 amide bonds. The van der Waals surface area contributed by atoms with Crippen molar-refractivity contribution in [3.63, 3.8) is 0 Å². The van der Waals surface area contributed by atoms with Crippen LogP contribution in [0.1, 0.15) is 13.8 Å². The summed E-state index contributed by atoms with van der Waals surface area (Å²) < 4.78 is 12.1. The molecule has 2 N–H and O–H groups in total. The second-order valence-electron chi connectivity index (χ2n) is 3.13. The summed E-state index contributed by atoms with van der Waals surface area (Å²) in [6.45, 7) is 5.11. The number of ether oxygens (including phenoxy) is 2. The molecular formula is C10H17N3O3. The molecule has 0 bridgehead atoms. The van der Waals surface area contributed by atoms with E-state index in [4.69, 9.17) is 15.2 Å². The summed E-state index contributed by atoms with van der Waals surface area (Å²) in [5.74, 6) is 0.214. The van der Waals surface area contributed by atoms with Crippen molar-refractivity contribution in [2.75, 3.05) is 18.9 Å². The molecule has 1 rings (SSSR count). The van der Waals surface area contributed by atoms with E-state index in [1.165, 1.54) is 4.57 Å². The molecule has 1 heterocycles. The van der Waals surface area contributed by atoms with Gasteiger partial charge in [0.05, 0.1) is 6.54 Å². The van der Waals surface area contributed by atoms with Crippen LogP contribution in [0, 0.1) is 0 Å². The van der Waals surface area contributed by atoms with Crippen LogP contribution in [-0.4, -0.2) is 29.1 Å². The molecule has 0 radical (unpaired) electrons. The van der Waals surface area contributed by atoms with Crippen LogP contribution in [-0.2, 0) is 16.0 Å². The lowest BCUT2D eigenvalue weighted by atomic mass is 10.5. The molecular weight excluding hydrogens is 210 g/mol. The van der Waals surface area contributed by atoms with Gasteiger partial charge in [0.15, 0.2) is 6.29 Å². The highest BCUT2D eigenvalue weighted by atomic mass is 16.7. The highest BCUT2D eigenvalue weighted by Crippen LogP contribution is 1.99. The third-order valence-electron chi connectivity index (χ3n) is 1.95. The van der Waals surface area contributed by atoms with Crippen LogP contribution < -0.4 is 11.4 Å². The molecule has 90 valence electrons. The molecule has 0 spiro atoms. The van der Waals surface area contributed by atoms with Gasteiger partial charge in [-0.05, 0) is 19.9 Å². The molecule has 6 heteroatoms. The third-order valence-corrected chi connectivity index (χ3v) is 1.95. The zero-order valence-corrected chi connectivity index (χ0v) is 9.55. The monoisotopic (exact) mass is 227 g/mol. The van der Waals surface area contributed by atoms with Crippen molar-refractivity contribution < 1.29 is 9.47 Å². The number of anilines is 1. The maximum Gasteiger partial charge on any atom is 0.349 e. The van der Waals surface area contributed by atoms with Gasteiger partial charge in [-0.2, -0.15) is 4.98 Å². The zero-order valence-electron chi connectivity index (χ0n) is 9.55.